The first-order valence-electron chi connectivity index (χ1n) is 6.88. The highest BCUT2D eigenvalue weighted by atomic mass is 16.5. The zero-order valence-electron chi connectivity index (χ0n) is 12.2. The summed E-state index contributed by atoms with van der Waals surface area (Å²) >= 11 is 0. The lowest BCUT2D eigenvalue weighted by molar-refractivity contribution is 0.199. The van der Waals surface area contributed by atoms with E-state index in [9.17, 15) is 0 Å². The quantitative estimate of drug-likeness (QED) is 0.634. The third kappa shape index (κ3) is 7.82. The average molecular weight is 266 g/mol. The predicted molar refractivity (Wildman–Crippen MR) is 78.7 cm³/mol. The Kier molecular flexibility index (Phi) is 8.21. The van der Waals surface area contributed by atoms with E-state index in [0.717, 1.165) is 38.5 Å². The largest absolute Gasteiger partial charge is 0.491 e. The van der Waals surface area contributed by atoms with E-state index in [0.29, 0.717) is 0 Å². The standard InChI is InChI=1S/C15H26N2O2/c1-13(2)19-15-6-4-5-14(11-15)12-17-8-7-16-9-10-18-3/h4-6,11,13,16-17H,7-10,12H2,1-3H3. The summed E-state index contributed by atoms with van der Waals surface area (Å²) in [6.07, 6.45) is 0.216. The summed E-state index contributed by atoms with van der Waals surface area (Å²) in [7, 11) is 1.71. The molecule has 0 heterocycles. The minimum Gasteiger partial charge on any atom is -0.491 e. The molecule has 0 aliphatic carbocycles. The summed E-state index contributed by atoms with van der Waals surface area (Å²) in [6, 6.07) is 8.23. The summed E-state index contributed by atoms with van der Waals surface area (Å²) in [5, 5.41) is 6.70. The molecule has 0 amide bonds. The van der Waals surface area contributed by atoms with E-state index >= 15 is 0 Å². The summed E-state index contributed by atoms with van der Waals surface area (Å²) in [4.78, 5) is 0. The van der Waals surface area contributed by atoms with Crippen molar-refractivity contribution >= 4 is 0 Å². The summed E-state index contributed by atoms with van der Waals surface area (Å²) in [5.74, 6) is 0.938. The van der Waals surface area contributed by atoms with Crippen LogP contribution in [0.1, 0.15) is 19.4 Å². The van der Waals surface area contributed by atoms with Gasteiger partial charge in [-0.1, -0.05) is 12.1 Å². The van der Waals surface area contributed by atoms with Gasteiger partial charge >= 0.3 is 0 Å². The van der Waals surface area contributed by atoms with Crippen LogP contribution >= 0.6 is 0 Å². The Morgan fingerprint density at radius 2 is 1.89 bits per heavy atom. The molecule has 0 spiro atoms. The van der Waals surface area contributed by atoms with Crippen LogP contribution in [0, 0.1) is 0 Å². The van der Waals surface area contributed by atoms with Gasteiger partial charge in [-0.15, -0.1) is 0 Å². The van der Waals surface area contributed by atoms with Gasteiger partial charge in [-0.3, -0.25) is 0 Å². The maximum absolute atomic E-state index is 5.67. The van der Waals surface area contributed by atoms with Crippen LogP contribution in [0.25, 0.3) is 0 Å². The first kappa shape index (κ1) is 16.0. The van der Waals surface area contributed by atoms with Crippen molar-refractivity contribution in [1.82, 2.24) is 10.6 Å². The number of benzene rings is 1. The molecular weight excluding hydrogens is 240 g/mol. The third-order valence-electron chi connectivity index (χ3n) is 2.56. The lowest BCUT2D eigenvalue weighted by atomic mass is 10.2. The smallest absolute Gasteiger partial charge is 0.120 e. The van der Waals surface area contributed by atoms with Gasteiger partial charge in [-0.05, 0) is 31.5 Å². The Hall–Kier alpha value is -1.10. The second-order valence-corrected chi connectivity index (χ2v) is 4.73. The van der Waals surface area contributed by atoms with E-state index in [1.165, 1.54) is 5.56 Å². The highest BCUT2D eigenvalue weighted by Crippen LogP contribution is 2.14. The molecule has 0 aromatic heterocycles. The fourth-order valence-electron chi connectivity index (χ4n) is 1.71. The molecule has 4 heteroatoms. The molecule has 0 saturated heterocycles. The molecule has 0 unspecified atom stereocenters. The first-order chi connectivity index (χ1) is 9.22. The molecule has 0 fully saturated rings. The highest BCUT2D eigenvalue weighted by molar-refractivity contribution is 5.28. The lowest BCUT2D eigenvalue weighted by Crippen LogP contribution is -2.29. The minimum absolute atomic E-state index is 0.216. The van der Waals surface area contributed by atoms with Crippen molar-refractivity contribution in [2.24, 2.45) is 0 Å². The molecule has 108 valence electrons. The molecule has 0 aliphatic rings. The van der Waals surface area contributed by atoms with Crippen molar-refractivity contribution in [3.05, 3.63) is 29.8 Å². The van der Waals surface area contributed by atoms with E-state index in [1.807, 2.05) is 26.0 Å². The lowest BCUT2D eigenvalue weighted by Gasteiger charge is -2.11. The summed E-state index contributed by atoms with van der Waals surface area (Å²) in [5.41, 5.74) is 1.25. The van der Waals surface area contributed by atoms with Crippen molar-refractivity contribution < 1.29 is 9.47 Å². The van der Waals surface area contributed by atoms with Gasteiger partial charge in [-0.25, -0.2) is 0 Å². The molecule has 0 radical (unpaired) electrons. The fourth-order valence-corrected chi connectivity index (χ4v) is 1.71. The van der Waals surface area contributed by atoms with Gasteiger partial charge in [0.1, 0.15) is 5.75 Å². The molecular formula is C15H26N2O2. The zero-order chi connectivity index (χ0) is 13.9. The van der Waals surface area contributed by atoms with Crippen molar-refractivity contribution in [3.63, 3.8) is 0 Å². The van der Waals surface area contributed by atoms with E-state index < -0.39 is 0 Å². The molecule has 0 aliphatic heterocycles. The second kappa shape index (κ2) is 9.78. The number of ether oxygens (including phenoxy) is 2. The maximum Gasteiger partial charge on any atom is 0.120 e. The number of nitrogens with one attached hydrogen (secondary N) is 2. The molecule has 4 nitrogen and oxygen atoms in total. The predicted octanol–water partition coefficient (Wildman–Crippen LogP) is 1.80. The van der Waals surface area contributed by atoms with Gasteiger partial charge in [0, 0.05) is 33.3 Å². The second-order valence-electron chi connectivity index (χ2n) is 4.73. The van der Waals surface area contributed by atoms with Gasteiger partial charge in [0.05, 0.1) is 12.7 Å². The van der Waals surface area contributed by atoms with E-state index in [1.54, 1.807) is 7.11 Å². The average Bonchev–Trinajstić information content (AvgIpc) is 2.37. The molecule has 0 bridgehead atoms. The van der Waals surface area contributed by atoms with E-state index in [4.69, 9.17) is 9.47 Å². The van der Waals surface area contributed by atoms with Crippen LogP contribution < -0.4 is 15.4 Å². The molecule has 1 aromatic carbocycles. The third-order valence-corrected chi connectivity index (χ3v) is 2.56. The van der Waals surface area contributed by atoms with Crippen LogP contribution in [0.5, 0.6) is 5.75 Å². The highest BCUT2D eigenvalue weighted by Gasteiger charge is 1.99. The molecule has 1 aromatic rings. The number of methoxy groups -OCH3 is 1. The van der Waals surface area contributed by atoms with Crippen molar-refractivity contribution in [1.29, 1.82) is 0 Å². The van der Waals surface area contributed by atoms with Crippen molar-refractivity contribution in [2.45, 2.75) is 26.5 Å². The van der Waals surface area contributed by atoms with Crippen molar-refractivity contribution in [2.75, 3.05) is 33.4 Å². The summed E-state index contributed by atoms with van der Waals surface area (Å²) in [6.45, 7) is 8.49. The SMILES string of the molecule is COCCNCCNCc1cccc(OC(C)C)c1. The Morgan fingerprint density at radius 3 is 2.63 bits per heavy atom. The van der Waals surface area contributed by atoms with Gasteiger partial charge in [-0.2, -0.15) is 0 Å². The Morgan fingerprint density at radius 1 is 1.11 bits per heavy atom. The molecule has 0 saturated carbocycles. The van der Waals surface area contributed by atoms with Crippen LogP contribution in [-0.2, 0) is 11.3 Å². The number of rotatable bonds is 10. The van der Waals surface area contributed by atoms with E-state index in [2.05, 4.69) is 22.8 Å². The van der Waals surface area contributed by atoms with Gasteiger partial charge < -0.3 is 20.1 Å². The Balaban J connectivity index is 2.18. The number of hydrogen-bond donors (Lipinski definition) is 2. The molecule has 19 heavy (non-hydrogen) atoms. The van der Waals surface area contributed by atoms with Crippen LogP contribution in [0.4, 0.5) is 0 Å². The minimum atomic E-state index is 0.216. The number of hydrogen-bond acceptors (Lipinski definition) is 4. The summed E-state index contributed by atoms with van der Waals surface area (Å²) < 4.78 is 10.6. The van der Waals surface area contributed by atoms with Crippen molar-refractivity contribution in [3.8, 4) is 5.75 Å². The molecule has 2 N–H and O–H groups in total. The van der Waals surface area contributed by atoms with Gasteiger partial charge in [0.2, 0.25) is 0 Å². The monoisotopic (exact) mass is 266 g/mol. The van der Waals surface area contributed by atoms with Crippen LogP contribution in [0.3, 0.4) is 0 Å². The van der Waals surface area contributed by atoms with Gasteiger partial charge in [0.25, 0.3) is 0 Å². The van der Waals surface area contributed by atoms with Crippen LogP contribution in [0.15, 0.2) is 24.3 Å². The first-order valence-corrected chi connectivity index (χ1v) is 6.88. The molecule has 0 atom stereocenters. The van der Waals surface area contributed by atoms with Gasteiger partial charge in [0.15, 0.2) is 0 Å². The van der Waals surface area contributed by atoms with Crippen LogP contribution in [-0.4, -0.2) is 39.5 Å². The fraction of sp³-hybridized carbons (Fsp3) is 0.600. The normalized spacial score (nSPS) is 10.9. The Labute approximate surface area is 116 Å². The van der Waals surface area contributed by atoms with E-state index in [-0.39, 0.29) is 6.10 Å². The molecule has 1 rings (SSSR count). The van der Waals surface area contributed by atoms with Crippen LogP contribution in [0.2, 0.25) is 0 Å². The zero-order valence-corrected chi connectivity index (χ0v) is 12.2. The Bertz CT molecular complexity index is 343. The maximum atomic E-state index is 5.67. The topological polar surface area (TPSA) is 42.5 Å².